The van der Waals surface area contributed by atoms with Crippen molar-refractivity contribution in [1.29, 1.82) is 0 Å². The Balaban J connectivity index is 2.87. The molecule has 1 aromatic heterocycles. The highest BCUT2D eigenvalue weighted by Crippen LogP contribution is 2.24. The number of nitrogens with two attached hydrogens (primary N) is 2. The molecule has 2 aromatic rings. The van der Waals surface area contributed by atoms with Gasteiger partial charge in [-0.15, -0.1) is 0 Å². The molecule has 0 saturated heterocycles. The first-order valence-electron chi connectivity index (χ1n) is 4.09. The van der Waals surface area contributed by atoms with Crippen molar-refractivity contribution in [2.45, 2.75) is 5.33 Å². The van der Waals surface area contributed by atoms with Gasteiger partial charge in [0.15, 0.2) is 0 Å². The summed E-state index contributed by atoms with van der Waals surface area (Å²) in [4.78, 5) is 8.04. The van der Waals surface area contributed by atoms with E-state index in [1.165, 1.54) is 0 Å². The van der Waals surface area contributed by atoms with Crippen LogP contribution >= 0.6 is 15.9 Å². The van der Waals surface area contributed by atoms with Crippen LogP contribution in [0.3, 0.4) is 0 Å². The topological polar surface area (TPSA) is 77.8 Å². The number of aromatic nitrogens is 2. The molecule has 0 aliphatic carbocycles. The van der Waals surface area contributed by atoms with Gasteiger partial charge in [0.05, 0.1) is 5.52 Å². The maximum absolute atomic E-state index is 5.78. The molecular weight excluding hydrogens is 244 g/mol. The van der Waals surface area contributed by atoms with Crippen molar-refractivity contribution in [2.75, 3.05) is 11.5 Å². The number of anilines is 2. The molecule has 0 saturated carbocycles. The summed E-state index contributed by atoms with van der Waals surface area (Å²) >= 11 is 3.39. The van der Waals surface area contributed by atoms with E-state index < -0.39 is 0 Å². The van der Waals surface area contributed by atoms with Crippen molar-refractivity contribution < 1.29 is 0 Å². The molecule has 4 nitrogen and oxygen atoms in total. The zero-order valence-corrected chi connectivity index (χ0v) is 8.95. The van der Waals surface area contributed by atoms with E-state index in [0.29, 0.717) is 5.82 Å². The number of hydrogen-bond acceptors (Lipinski definition) is 4. The highest BCUT2D eigenvalue weighted by molar-refractivity contribution is 9.08. The number of nitrogen functional groups attached to an aromatic ring is 2. The zero-order chi connectivity index (χ0) is 10.1. The van der Waals surface area contributed by atoms with Crippen LogP contribution in [0.15, 0.2) is 18.2 Å². The average Bonchev–Trinajstić information content (AvgIpc) is 2.16. The first-order chi connectivity index (χ1) is 6.72. The quantitative estimate of drug-likeness (QED) is 0.758. The fourth-order valence-corrected chi connectivity index (χ4v) is 1.88. The Labute approximate surface area is 89.5 Å². The number of nitrogens with zero attached hydrogens (tertiary/aromatic N) is 2. The second-order valence-electron chi connectivity index (χ2n) is 2.91. The van der Waals surface area contributed by atoms with Crippen molar-refractivity contribution in [3.8, 4) is 0 Å². The molecule has 0 bridgehead atoms. The number of benzene rings is 1. The number of halogens is 1. The summed E-state index contributed by atoms with van der Waals surface area (Å²) in [5, 5.41) is 1.60. The monoisotopic (exact) mass is 252 g/mol. The molecule has 5 heteroatoms. The van der Waals surface area contributed by atoms with Crippen LogP contribution in [0.1, 0.15) is 5.56 Å². The second kappa shape index (κ2) is 3.42. The first-order valence-corrected chi connectivity index (χ1v) is 5.21. The molecular formula is C9H9BrN4. The minimum Gasteiger partial charge on any atom is -0.383 e. The lowest BCUT2D eigenvalue weighted by molar-refractivity contribution is 1.24. The normalized spacial score (nSPS) is 10.6. The molecule has 0 amide bonds. The van der Waals surface area contributed by atoms with E-state index in [9.17, 15) is 0 Å². The van der Waals surface area contributed by atoms with Crippen LogP contribution in [0, 0.1) is 0 Å². The summed E-state index contributed by atoms with van der Waals surface area (Å²) in [7, 11) is 0. The van der Waals surface area contributed by atoms with E-state index in [1.807, 2.05) is 18.2 Å². The Kier molecular flexibility index (Phi) is 2.25. The third-order valence-corrected chi connectivity index (χ3v) is 2.60. The molecule has 1 aromatic carbocycles. The second-order valence-corrected chi connectivity index (χ2v) is 3.47. The summed E-state index contributed by atoms with van der Waals surface area (Å²) in [5.74, 6) is 0.643. The lowest BCUT2D eigenvalue weighted by atomic mass is 10.1. The summed E-state index contributed by atoms with van der Waals surface area (Å²) in [6.45, 7) is 0. The van der Waals surface area contributed by atoms with E-state index in [1.54, 1.807) is 0 Å². The Morgan fingerprint density at radius 1 is 1.21 bits per heavy atom. The van der Waals surface area contributed by atoms with E-state index in [2.05, 4.69) is 25.9 Å². The van der Waals surface area contributed by atoms with E-state index >= 15 is 0 Å². The summed E-state index contributed by atoms with van der Waals surface area (Å²) in [5.41, 5.74) is 13.1. The van der Waals surface area contributed by atoms with Crippen LogP contribution in [0.2, 0.25) is 0 Å². The van der Waals surface area contributed by atoms with Gasteiger partial charge in [0.2, 0.25) is 5.95 Å². The van der Waals surface area contributed by atoms with Crippen molar-refractivity contribution in [1.82, 2.24) is 9.97 Å². The van der Waals surface area contributed by atoms with Crippen molar-refractivity contribution in [3.63, 3.8) is 0 Å². The van der Waals surface area contributed by atoms with Gasteiger partial charge >= 0.3 is 0 Å². The van der Waals surface area contributed by atoms with Crippen LogP contribution < -0.4 is 11.5 Å². The smallest absolute Gasteiger partial charge is 0.222 e. The molecule has 14 heavy (non-hydrogen) atoms. The van der Waals surface area contributed by atoms with E-state index in [4.69, 9.17) is 11.5 Å². The molecule has 72 valence electrons. The fraction of sp³-hybridized carbons (Fsp3) is 0.111. The maximum Gasteiger partial charge on any atom is 0.222 e. The molecule has 0 aliphatic heterocycles. The van der Waals surface area contributed by atoms with Crippen LogP contribution in [0.5, 0.6) is 0 Å². The third-order valence-electron chi connectivity index (χ3n) is 2.00. The minimum absolute atomic E-state index is 0.210. The molecule has 0 radical (unpaired) electrons. The summed E-state index contributed by atoms with van der Waals surface area (Å²) in [6, 6.07) is 5.77. The van der Waals surface area contributed by atoms with Crippen molar-refractivity contribution in [2.24, 2.45) is 0 Å². The van der Waals surface area contributed by atoms with E-state index in [-0.39, 0.29) is 5.95 Å². The average molecular weight is 253 g/mol. The summed E-state index contributed by atoms with van der Waals surface area (Å²) in [6.07, 6.45) is 0. The molecule has 0 unspecified atom stereocenters. The number of rotatable bonds is 1. The van der Waals surface area contributed by atoms with Gasteiger partial charge in [-0.25, -0.2) is 4.98 Å². The van der Waals surface area contributed by atoms with Gasteiger partial charge in [0.1, 0.15) is 5.82 Å². The van der Waals surface area contributed by atoms with E-state index in [0.717, 1.165) is 21.8 Å². The van der Waals surface area contributed by atoms with Gasteiger partial charge in [0.25, 0.3) is 0 Å². The van der Waals surface area contributed by atoms with Crippen LogP contribution in [0.4, 0.5) is 11.8 Å². The molecule has 1 heterocycles. The molecule has 0 aliphatic rings. The van der Waals surface area contributed by atoms with Crippen molar-refractivity contribution >= 4 is 38.6 Å². The van der Waals surface area contributed by atoms with Crippen LogP contribution in [0.25, 0.3) is 10.9 Å². The predicted octanol–water partition coefficient (Wildman–Crippen LogP) is 1.69. The molecule has 0 fully saturated rings. The number of fused-ring (bicyclic) bond motifs is 1. The van der Waals surface area contributed by atoms with Gasteiger partial charge in [-0.2, -0.15) is 4.98 Å². The largest absolute Gasteiger partial charge is 0.383 e. The Morgan fingerprint density at radius 3 is 2.71 bits per heavy atom. The minimum atomic E-state index is 0.210. The zero-order valence-electron chi connectivity index (χ0n) is 7.37. The van der Waals surface area contributed by atoms with Crippen molar-refractivity contribution in [3.05, 3.63) is 23.8 Å². The molecule has 0 atom stereocenters. The van der Waals surface area contributed by atoms with Gasteiger partial charge in [-0.3, -0.25) is 0 Å². The Morgan fingerprint density at radius 2 is 2.00 bits per heavy atom. The van der Waals surface area contributed by atoms with Gasteiger partial charge in [-0.05, 0) is 11.6 Å². The third kappa shape index (κ3) is 1.39. The first kappa shape index (κ1) is 9.21. The maximum atomic E-state index is 5.78. The lowest BCUT2D eigenvalue weighted by Gasteiger charge is -2.05. The lowest BCUT2D eigenvalue weighted by Crippen LogP contribution is -2.01. The van der Waals surface area contributed by atoms with Gasteiger partial charge < -0.3 is 11.5 Å². The molecule has 2 rings (SSSR count). The van der Waals surface area contributed by atoms with Crippen LogP contribution in [-0.4, -0.2) is 9.97 Å². The number of alkyl halides is 1. The number of hydrogen-bond donors (Lipinski definition) is 2. The Bertz CT molecular complexity index is 483. The molecule has 0 spiro atoms. The summed E-state index contributed by atoms with van der Waals surface area (Å²) < 4.78 is 0. The fourth-order valence-electron chi connectivity index (χ4n) is 1.41. The highest BCUT2D eigenvalue weighted by atomic mass is 79.9. The standard InChI is InChI=1S/C9H9BrN4/c10-4-5-2-1-3-6-7(5)8(11)14-9(12)13-6/h1-3H,4H2,(H4,11,12,13,14). The van der Waals surface area contributed by atoms with Crippen LogP contribution in [-0.2, 0) is 5.33 Å². The highest BCUT2D eigenvalue weighted by Gasteiger charge is 2.06. The molecule has 4 N–H and O–H groups in total. The SMILES string of the molecule is Nc1nc(N)c2c(CBr)cccc2n1. The predicted molar refractivity (Wildman–Crippen MR) is 61.0 cm³/mol. The van der Waals surface area contributed by atoms with Gasteiger partial charge in [-0.1, -0.05) is 28.1 Å². The van der Waals surface area contributed by atoms with Gasteiger partial charge in [0, 0.05) is 10.7 Å². The Hall–Kier alpha value is -1.36.